The topological polar surface area (TPSA) is 65.5 Å². The largest absolute Gasteiger partial charge is 0.465 e. The van der Waals surface area contributed by atoms with Crippen LogP contribution >= 0.6 is 0 Å². The first-order valence-electron chi connectivity index (χ1n) is 14.0. The summed E-state index contributed by atoms with van der Waals surface area (Å²) in [6, 6.07) is -0.826. The molecule has 0 aromatic carbocycles. The molecule has 0 spiro atoms. The average molecular weight is 352 g/mol. The first-order chi connectivity index (χ1) is 16.6. The van der Waals surface area contributed by atoms with Crippen molar-refractivity contribution in [3.8, 4) is 0 Å². The van der Waals surface area contributed by atoms with Gasteiger partial charge in [-0.1, -0.05) is 27.6 Å². The van der Waals surface area contributed by atoms with Gasteiger partial charge in [-0.2, -0.15) is 0 Å². The molecule has 0 aliphatic carbocycles. The summed E-state index contributed by atoms with van der Waals surface area (Å²) >= 11 is 0. The molecule has 5 nitrogen and oxygen atoms in total. The summed E-state index contributed by atoms with van der Waals surface area (Å²) in [5.74, 6) is -6.09. The third-order valence-corrected chi connectivity index (χ3v) is 3.47. The van der Waals surface area contributed by atoms with E-state index >= 15 is 0 Å². The summed E-state index contributed by atoms with van der Waals surface area (Å²) in [6.07, 6.45) is -10.2. The number of nitrogens with zero attached hydrogens (tertiary/aromatic N) is 2. The van der Waals surface area contributed by atoms with Crippen LogP contribution in [0.1, 0.15) is 63.8 Å². The van der Waals surface area contributed by atoms with E-state index in [-0.39, 0.29) is 5.31 Å². The van der Waals surface area contributed by atoms with E-state index in [4.69, 9.17) is 19.2 Å². The SMILES string of the molecule is [2H]c1c(F)cnc(N([2H])C([2H])([2H])[C@@]2(C(C)(C)C)N(C(=O)O)C([2H])([2H])[C@@]([2H])(C([2H])([2H])[2H])C([2H])([2H])C2([2H])[2H])c1C. The number of piperidine rings is 1. The summed E-state index contributed by atoms with van der Waals surface area (Å²) in [7, 11) is 0. The van der Waals surface area contributed by atoms with Crippen LogP contribution in [0.2, 0.25) is 1.41 Å². The minimum absolute atomic E-state index is 0.211. The van der Waals surface area contributed by atoms with Crippen molar-refractivity contribution < 1.29 is 33.5 Å². The molecule has 134 valence electrons. The van der Waals surface area contributed by atoms with Gasteiger partial charge < -0.3 is 15.3 Å². The fraction of sp³-hybridized carbons (Fsp3) is 0.667. The number of aromatic nitrogens is 1. The first kappa shape index (κ1) is 7.18. The van der Waals surface area contributed by atoms with Crippen molar-refractivity contribution in [1.29, 1.82) is 0 Å². The normalized spacial score (nSPS) is 43.8. The molecule has 24 heavy (non-hydrogen) atoms. The number of hydrogen-bond acceptors (Lipinski definition) is 3. The molecule has 1 saturated heterocycles. The predicted octanol–water partition coefficient (Wildman–Crippen LogP) is 4.14. The lowest BCUT2D eigenvalue weighted by Crippen LogP contribution is -2.65. The zero-order chi connectivity index (χ0) is 30.5. The fourth-order valence-corrected chi connectivity index (χ4v) is 2.12. The summed E-state index contributed by atoms with van der Waals surface area (Å²) < 4.78 is 132. The van der Waals surface area contributed by atoms with Gasteiger partial charge in [-0.15, -0.1) is 0 Å². The second-order valence-corrected chi connectivity index (χ2v) is 6.22. The Bertz CT molecular complexity index is 1140. The van der Waals surface area contributed by atoms with E-state index in [0.29, 0.717) is 6.20 Å². The Hall–Kier alpha value is -1.85. The Morgan fingerprint density at radius 2 is 2.54 bits per heavy atom. The number of carbonyl (C=O) groups is 1. The van der Waals surface area contributed by atoms with Gasteiger partial charge in [0.05, 0.1) is 15.8 Å². The lowest BCUT2D eigenvalue weighted by Gasteiger charge is -2.55. The van der Waals surface area contributed by atoms with E-state index < -0.39 is 83.7 Å². The standard InChI is InChI=1S/C18H28FN3O2/c1-12-6-7-18(17(3,4)5,22(10-12)16(23)24)11-21-15-13(2)8-14(19)9-20-15/h8-9,12H,6-7,10-11H2,1-5H3,(H,20,21)(H,23,24)/t12-,18-/m0/s1/i1D3,6D2,7D2,8D,10D2,11D2,12D/hD. The van der Waals surface area contributed by atoms with Crippen LogP contribution in [0.4, 0.5) is 15.0 Å². The Kier molecular flexibility index (Phi) is 1.97. The van der Waals surface area contributed by atoms with Crippen molar-refractivity contribution in [2.24, 2.45) is 11.3 Å². The Morgan fingerprint density at radius 1 is 1.83 bits per heavy atom. The van der Waals surface area contributed by atoms with Crippen molar-refractivity contribution in [1.82, 2.24) is 9.88 Å². The highest BCUT2D eigenvalue weighted by Gasteiger charge is 2.51. The van der Waals surface area contributed by atoms with Gasteiger partial charge in [0, 0.05) is 26.7 Å². The molecular weight excluding hydrogens is 309 g/mol. The summed E-state index contributed by atoms with van der Waals surface area (Å²) in [4.78, 5) is 15.7. The molecule has 0 unspecified atom stereocenters. The quantitative estimate of drug-likeness (QED) is 0.859. The van der Waals surface area contributed by atoms with Crippen LogP contribution in [0.5, 0.6) is 0 Å². The predicted molar refractivity (Wildman–Crippen MR) is 92.7 cm³/mol. The minimum atomic E-state index is -4.13. The maximum absolute atomic E-state index is 13.9. The number of pyridine rings is 1. The molecule has 1 fully saturated rings. The molecule has 2 atom stereocenters. The van der Waals surface area contributed by atoms with Gasteiger partial charge in [0.15, 0.2) is 1.41 Å². The van der Waals surface area contributed by atoms with Crippen LogP contribution in [0.15, 0.2) is 12.2 Å². The Labute approximate surface area is 163 Å². The van der Waals surface area contributed by atoms with Crippen LogP contribution < -0.4 is 5.31 Å². The number of rotatable bonds is 3. The van der Waals surface area contributed by atoms with Gasteiger partial charge in [-0.05, 0) is 42.6 Å². The molecule has 0 radical (unpaired) electrons. The van der Waals surface area contributed by atoms with Crippen molar-refractivity contribution in [3.05, 3.63) is 23.6 Å². The van der Waals surface area contributed by atoms with E-state index in [1.807, 2.05) is 0 Å². The maximum Gasteiger partial charge on any atom is 0.407 e. The highest BCUT2D eigenvalue weighted by atomic mass is 19.1. The molecule has 0 bridgehead atoms. The molecule has 0 saturated carbocycles. The van der Waals surface area contributed by atoms with Gasteiger partial charge in [-0.25, -0.2) is 14.2 Å². The highest BCUT2D eigenvalue weighted by molar-refractivity contribution is 5.67. The Morgan fingerprint density at radius 3 is 3.12 bits per heavy atom. The molecule has 6 heteroatoms. The number of likely N-dealkylation sites (tertiary alicyclic amines) is 1. The van der Waals surface area contributed by atoms with E-state index in [1.165, 1.54) is 0 Å². The summed E-state index contributed by atoms with van der Waals surface area (Å²) in [5, 5.41) is 10.0. The number of hydrogen-bond donors (Lipinski definition) is 2. The smallest absolute Gasteiger partial charge is 0.407 e. The second kappa shape index (κ2) is 6.57. The van der Waals surface area contributed by atoms with Crippen molar-refractivity contribution in [2.45, 2.75) is 52.8 Å². The van der Waals surface area contributed by atoms with Crippen LogP contribution in [-0.4, -0.2) is 39.6 Å². The van der Waals surface area contributed by atoms with Crippen molar-refractivity contribution in [2.75, 3.05) is 18.3 Å². The van der Waals surface area contributed by atoms with E-state index in [1.54, 1.807) is 0 Å². The Balaban J connectivity index is 3.23. The number of halogens is 1. The van der Waals surface area contributed by atoms with Crippen LogP contribution in [0.25, 0.3) is 0 Å². The van der Waals surface area contributed by atoms with Crippen LogP contribution in [0.3, 0.4) is 0 Å². The maximum atomic E-state index is 13.9. The van der Waals surface area contributed by atoms with Crippen LogP contribution in [0, 0.1) is 24.0 Å². The molecule has 1 aliphatic rings. The molecule has 1 amide bonds. The summed E-state index contributed by atoms with van der Waals surface area (Å²) in [6.45, 7) is -7.75. The highest BCUT2D eigenvalue weighted by Crippen LogP contribution is 2.44. The van der Waals surface area contributed by atoms with Gasteiger partial charge >= 0.3 is 6.09 Å². The van der Waals surface area contributed by atoms with Gasteiger partial charge in [0.25, 0.3) is 0 Å². The third kappa shape index (κ3) is 3.47. The minimum Gasteiger partial charge on any atom is -0.465 e. The van der Waals surface area contributed by atoms with Gasteiger partial charge in [-0.3, -0.25) is 0 Å². The number of carboxylic acid groups (broad SMARTS) is 1. The number of anilines is 1. The second-order valence-electron chi connectivity index (χ2n) is 6.22. The van der Waals surface area contributed by atoms with E-state index in [9.17, 15) is 14.3 Å². The molecule has 2 rings (SSSR count). The molecule has 1 aromatic rings. The van der Waals surface area contributed by atoms with Gasteiger partial charge in [0.1, 0.15) is 11.6 Å². The van der Waals surface area contributed by atoms with E-state index in [2.05, 4.69) is 4.98 Å². The van der Waals surface area contributed by atoms with E-state index in [0.717, 1.165) is 27.7 Å². The number of nitrogens with one attached hydrogen (secondary N) is 1. The monoisotopic (exact) mass is 351 g/mol. The zero-order valence-corrected chi connectivity index (χ0v) is 13.7. The molecule has 1 aliphatic heterocycles. The average Bonchev–Trinajstić information content (AvgIpc) is 2.70. The summed E-state index contributed by atoms with van der Waals surface area (Å²) in [5.41, 5.74) is -6.24. The first-order valence-corrected chi connectivity index (χ1v) is 7.01. The van der Waals surface area contributed by atoms with Gasteiger partial charge in [0.2, 0.25) is 0 Å². The van der Waals surface area contributed by atoms with Crippen molar-refractivity contribution in [3.63, 3.8) is 0 Å². The van der Waals surface area contributed by atoms with Crippen molar-refractivity contribution >= 4 is 11.9 Å². The lowest BCUT2D eigenvalue weighted by molar-refractivity contribution is -0.0297. The third-order valence-electron chi connectivity index (χ3n) is 3.47. The lowest BCUT2D eigenvalue weighted by atomic mass is 9.66. The molecule has 2 heterocycles. The zero-order valence-electron chi connectivity index (χ0n) is 27.7. The molecule has 2 N–H and O–H groups in total. The molecule has 1 aromatic heterocycles. The number of amides is 1. The molecular formula is C18H28FN3O2. The fourth-order valence-electron chi connectivity index (χ4n) is 2.12. The van der Waals surface area contributed by atoms with Crippen LogP contribution in [-0.2, 0) is 0 Å².